The average molecular weight is 335 g/mol. The number of carbonyl (C=O) groups excluding carboxylic acids is 1. The third-order valence-corrected chi connectivity index (χ3v) is 4.44. The summed E-state index contributed by atoms with van der Waals surface area (Å²) in [4.78, 5) is 16.6. The van der Waals surface area contributed by atoms with Crippen LogP contribution >= 0.6 is 23.2 Å². The van der Waals surface area contributed by atoms with Crippen LogP contribution in [-0.4, -0.2) is 37.0 Å². The van der Waals surface area contributed by atoms with E-state index in [2.05, 4.69) is 4.90 Å². The molecule has 1 aliphatic rings. The molecule has 0 unspecified atom stereocenters. The van der Waals surface area contributed by atoms with E-state index < -0.39 is 0 Å². The number of benzene rings is 2. The van der Waals surface area contributed by atoms with Crippen molar-refractivity contribution >= 4 is 34.8 Å². The Morgan fingerprint density at radius 2 is 1.50 bits per heavy atom. The van der Waals surface area contributed by atoms with Gasteiger partial charge in [-0.05, 0) is 36.4 Å². The normalized spacial score (nSPS) is 15.0. The van der Waals surface area contributed by atoms with E-state index in [1.807, 2.05) is 41.3 Å². The third-order valence-electron chi connectivity index (χ3n) is 3.86. The topological polar surface area (TPSA) is 23.6 Å². The summed E-state index contributed by atoms with van der Waals surface area (Å²) in [6.07, 6.45) is 0. The molecule has 3 nitrogen and oxygen atoms in total. The van der Waals surface area contributed by atoms with Crippen LogP contribution in [0.1, 0.15) is 10.4 Å². The Kier molecular flexibility index (Phi) is 4.55. The molecule has 0 radical (unpaired) electrons. The second kappa shape index (κ2) is 6.59. The maximum Gasteiger partial charge on any atom is 0.255 e. The van der Waals surface area contributed by atoms with Crippen LogP contribution < -0.4 is 4.90 Å². The molecule has 0 atom stereocenters. The van der Waals surface area contributed by atoms with Crippen LogP contribution in [-0.2, 0) is 0 Å². The molecule has 0 N–H and O–H groups in total. The minimum Gasteiger partial charge on any atom is -0.368 e. The van der Waals surface area contributed by atoms with Crippen LogP contribution in [0, 0.1) is 0 Å². The minimum atomic E-state index is 0.00126. The summed E-state index contributed by atoms with van der Waals surface area (Å²) in [5, 5.41) is 1.24. The van der Waals surface area contributed by atoms with Gasteiger partial charge in [-0.1, -0.05) is 35.3 Å². The Balaban J connectivity index is 1.65. The molecule has 1 saturated heterocycles. The molecular formula is C17H16Cl2N2O. The van der Waals surface area contributed by atoms with Gasteiger partial charge in [0.1, 0.15) is 0 Å². The largest absolute Gasteiger partial charge is 0.368 e. The summed E-state index contributed by atoms with van der Waals surface area (Å²) in [6.45, 7) is 2.98. The lowest BCUT2D eigenvalue weighted by molar-refractivity contribution is 0.0747. The second-order valence-electron chi connectivity index (χ2n) is 5.24. The Bertz CT molecular complexity index is 665. The van der Waals surface area contributed by atoms with Crippen LogP contribution in [0.5, 0.6) is 0 Å². The average Bonchev–Trinajstić information content (AvgIpc) is 2.56. The van der Waals surface area contributed by atoms with Crippen LogP contribution in [0.15, 0.2) is 48.5 Å². The van der Waals surface area contributed by atoms with E-state index in [0.717, 1.165) is 23.8 Å². The molecule has 1 heterocycles. The first-order valence-corrected chi connectivity index (χ1v) is 7.95. The molecule has 5 heteroatoms. The van der Waals surface area contributed by atoms with Gasteiger partial charge in [-0.15, -0.1) is 0 Å². The smallest absolute Gasteiger partial charge is 0.255 e. The number of hydrogen-bond donors (Lipinski definition) is 0. The van der Waals surface area contributed by atoms with Gasteiger partial charge >= 0.3 is 0 Å². The molecule has 1 aliphatic heterocycles. The van der Waals surface area contributed by atoms with Gasteiger partial charge in [-0.25, -0.2) is 0 Å². The highest BCUT2D eigenvalue weighted by atomic mass is 35.5. The number of anilines is 1. The highest BCUT2D eigenvalue weighted by molar-refractivity contribution is 6.33. The molecule has 0 saturated carbocycles. The zero-order valence-electron chi connectivity index (χ0n) is 12.0. The third kappa shape index (κ3) is 3.21. The van der Waals surface area contributed by atoms with Crippen LogP contribution in [0.2, 0.25) is 10.0 Å². The van der Waals surface area contributed by atoms with Crippen molar-refractivity contribution in [1.82, 2.24) is 4.90 Å². The van der Waals surface area contributed by atoms with Crippen LogP contribution in [0.3, 0.4) is 0 Å². The molecule has 1 amide bonds. The van der Waals surface area contributed by atoms with Gasteiger partial charge in [0.25, 0.3) is 5.91 Å². The number of hydrogen-bond acceptors (Lipinski definition) is 2. The SMILES string of the molecule is O=C(c1ccccc1Cl)N1CCN(c2ccc(Cl)cc2)CC1. The maximum atomic E-state index is 12.5. The van der Waals surface area contributed by atoms with Crippen molar-refractivity contribution in [2.45, 2.75) is 0 Å². The van der Waals surface area contributed by atoms with Crippen molar-refractivity contribution < 1.29 is 4.79 Å². The van der Waals surface area contributed by atoms with Crippen LogP contribution in [0.4, 0.5) is 5.69 Å². The van der Waals surface area contributed by atoms with Crippen molar-refractivity contribution in [3.8, 4) is 0 Å². The molecular weight excluding hydrogens is 319 g/mol. The summed E-state index contributed by atoms with van der Waals surface area (Å²) >= 11 is 12.0. The number of carbonyl (C=O) groups is 1. The van der Waals surface area contributed by atoms with E-state index >= 15 is 0 Å². The zero-order chi connectivity index (χ0) is 15.5. The molecule has 2 aromatic rings. The number of nitrogens with zero attached hydrogens (tertiary/aromatic N) is 2. The molecule has 3 rings (SSSR count). The molecule has 2 aromatic carbocycles. The molecule has 114 valence electrons. The van der Waals surface area contributed by atoms with Gasteiger partial charge < -0.3 is 9.80 Å². The Labute approximate surface area is 140 Å². The van der Waals surface area contributed by atoms with E-state index in [9.17, 15) is 4.79 Å². The van der Waals surface area contributed by atoms with Crippen molar-refractivity contribution in [2.75, 3.05) is 31.1 Å². The van der Waals surface area contributed by atoms with Gasteiger partial charge in [0, 0.05) is 36.9 Å². The predicted molar refractivity (Wildman–Crippen MR) is 91.0 cm³/mol. The number of piperazine rings is 1. The summed E-state index contributed by atoms with van der Waals surface area (Å²) in [5.41, 5.74) is 1.71. The zero-order valence-corrected chi connectivity index (χ0v) is 13.5. The monoisotopic (exact) mass is 334 g/mol. The molecule has 22 heavy (non-hydrogen) atoms. The van der Waals surface area contributed by atoms with Gasteiger partial charge in [0.05, 0.1) is 10.6 Å². The first-order chi connectivity index (χ1) is 10.6. The standard InChI is InChI=1S/C17H16Cl2N2O/c18-13-5-7-14(8-6-13)20-9-11-21(12-10-20)17(22)15-3-1-2-4-16(15)19/h1-8H,9-12H2. The lowest BCUT2D eigenvalue weighted by Crippen LogP contribution is -2.48. The number of halogens is 2. The lowest BCUT2D eigenvalue weighted by atomic mass is 10.1. The Hall–Kier alpha value is -1.71. The quantitative estimate of drug-likeness (QED) is 0.829. The summed E-state index contributed by atoms with van der Waals surface area (Å²) in [6, 6.07) is 15.0. The highest BCUT2D eigenvalue weighted by Crippen LogP contribution is 2.21. The molecule has 1 fully saturated rings. The van der Waals surface area contributed by atoms with E-state index in [0.29, 0.717) is 23.7 Å². The van der Waals surface area contributed by atoms with Crippen molar-refractivity contribution in [3.63, 3.8) is 0 Å². The first-order valence-electron chi connectivity index (χ1n) is 7.19. The summed E-state index contributed by atoms with van der Waals surface area (Å²) < 4.78 is 0. The maximum absolute atomic E-state index is 12.5. The van der Waals surface area contributed by atoms with E-state index in [1.54, 1.807) is 12.1 Å². The van der Waals surface area contributed by atoms with E-state index in [-0.39, 0.29) is 5.91 Å². The van der Waals surface area contributed by atoms with Crippen molar-refractivity contribution in [1.29, 1.82) is 0 Å². The Morgan fingerprint density at radius 1 is 0.864 bits per heavy atom. The summed E-state index contributed by atoms with van der Waals surface area (Å²) in [5.74, 6) is 0.00126. The van der Waals surface area contributed by atoms with Gasteiger partial charge in [-0.3, -0.25) is 4.79 Å². The molecule has 0 aromatic heterocycles. The Morgan fingerprint density at radius 3 is 2.14 bits per heavy atom. The van der Waals surface area contributed by atoms with Crippen molar-refractivity contribution in [2.24, 2.45) is 0 Å². The van der Waals surface area contributed by atoms with Gasteiger partial charge in [0.15, 0.2) is 0 Å². The highest BCUT2D eigenvalue weighted by Gasteiger charge is 2.23. The second-order valence-corrected chi connectivity index (χ2v) is 6.08. The summed E-state index contributed by atoms with van der Waals surface area (Å²) in [7, 11) is 0. The number of rotatable bonds is 2. The van der Waals surface area contributed by atoms with Gasteiger partial charge in [-0.2, -0.15) is 0 Å². The number of amides is 1. The molecule has 0 bridgehead atoms. The predicted octanol–water partition coefficient (Wildman–Crippen LogP) is 3.96. The fraction of sp³-hybridized carbons (Fsp3) is 0.235. The van der Waals surface area contributed by atoms with Crippen LogP contribution in [0.25, 0.3) is 0 Å². The van der Waals surface area contributed by atoms with E-state index in [1.165, 1.54) is 0 Å². The lowest BCUT2D eigenvalue weighted by Gasteiger charge is -2.36. The molecule has 0 aliphatic carbocycles. The van der Waals surface area contributed by atoms with Crippen molar-refractivity contribution in [3.05, 3.63) is 64.1 Å². The van der Waals surface area contributed by atoms with Gasteiger partial charge in [0.2, 0.25) is 0 Å². The fourth-order valence-electron chi connectivity index (χ4n) is 2.62. The minimum absolute atomic E-state index is 0.00126. The molecule has 0 spiro atoms. The first kappa shape index (κ1) is 15.2. The fourth-order valence-corrected chi connectivity index (χ4v) is 2.97. The van der Waals surface area contributed by atoms with E-state index in [4.69, 9.17) is 23.2 Å².